The first-order valence-corrected chi connectivity index (χ1v) is 6.50. The fourth-order valence-corrected chi connectivity index (χ4v) is 1.80. The fraction of sp³-hybridized carbons (Fsp3) is 0.333. The number of carbonyl (C=O) groups excluding carboxylic acids is 1. The molecule has 0 bridgehead atoms. The van der Waals surface area contributed by atoms with Crippen LogP contribution in [0.25, 0.3) is 11.4 Å². The van der Waals surface area contributed by atoms with Gasteiger partial charge in [-0.25, -0.2) is 9.78 Å². The predicted molar refractivity (Wildman–Crippen MR) is 77.1 cm³/mol. The van der Waals surface area contributed by atoms with Gasteiger partial charge >= 0.3 is 6.09 Å². The first kappa shape index (κ1) is 14.1. The molecule has 1 aromatic carbocycles. The number of hydrogen-bond donors (Lipinski definition) is 2. The monoisotopic (exact) mass is 273 g/mol. The first-order valence-electron chi connectivity index (χ1n) is 6.50. The van der Waals surface area contributed by atoms with Gasteiger partial charge in [0.25, 0.3) is 0 Å². The van der Waals surface area contributed by atoms with Crippen LogP contribution in [0.15, 0.2) is 36.7 Å². The number of benzene rings is 1. The zero-order valence-electron chi connectivity index (χ0n) is 11.9. The van der Waals surface area contributed by atoms with E-state index in [-0.39, 0.29) is 0 Å². The van der Waals surface area contributed by atoms with Crippen LogP contribution in [0.3, 0.4) is 0 Å². The van der Waals surface area contributed by atoms with Crippen LogP contribution < -0.4 is 5.32 Å². The van der Waals surface area contributed by atoms with Crippen molar-refractivity contribution < 1.29 is 9.53 Å². The van der Waals surface area contributed by atoms with Crippen molar-refractivity contribution in [2.24, 2.45) is 0 Å². The molecular weight excluding hydrogens is 254 g/mol. The number of aromatic nitrogens is 2. The van der Waals surface area contributed by atoms with Crippen LogP contribution in [0.5, 0.6) is 0 Å². The average molecular weight is 273 g/mol. The number of rotatable bonds is 3. The molecule has 0 fully saturated rings. The maximum atomic E-state index is 11.7. The summed E-state index contributed by atoms with van der Waals surface area (Å²) in [6.07, 6.45) is 3.05. The summed E-state index contributed by atoms with van der Waals surface area (Å²) in [6.45, 7) is 5.90. The molecule has 0 saturated carbocycles. The summed E-state index contributed by atoms with van der Waals surface area (Å²) in [4.78, 5) is 19.0. The molecule has 5 nitrogen and oxygen atoms in total. The van der Waals surface area contributed by atoms with Crippen LogP contribution in [0.1, 0.15) is 26.3 Å². The summed E-state index contributed by atoms with van der Waals surface area (Å²) in [6, 6.07) is 7.79. The van der Waals surface area contributed by atoms with Crippen molar-refractivity contribution in [1.82, 2.24) is 15.3 Å². The molecule has 2 rings (SSSR count). The van der Waals surface area contributed by atoms with Gasteiger partial charge in [-0.2, -0.15) is 0 Å². The number of ether oxygens (including phenoxy) is 1. The summed E-state index contributed by atoms with van der Waals surface area (Å²) >= 11 is 0. The highest BCUT2D eigenvalue weighted by Gasteiger charge is 2.16. The Hall–Kier alpha value is -2.30. The highest BCUT2D eigenvalue weighted by molar-refractivity contribution is 5.68. The molecule has 0 radical (unpaired) electrons. The highest BCUT2D eigenvalue weighted by Crippen LogP contribution is 2.19. The number of H-pyrrole nitrogens is 1. The zero-order chi connectivity index (χ0) is 14.6. The molecule has 1 aromatic heterocycles. The van der Waals surface area contributed by atoms with E-state index < -0.39 is 11.7 Å². The van der Waals surface area contributed by atoms with Crippen LogP contribution in [0, 0.1) is 0 Å². The molecule has 1 amide bonds. The molecule has 0 unspecified atom stereocenters. The third-order valence-electron chi connectivity index (χ3n) is 2.59. The quantitative estimate of drug-likeness (QED) is 0.903. The molecule has 0 aliphatic rings. The molecule has 0 atom stereocenters. The van der Waals surface area contributed by atoms with Crippen molar-refractivity contribution in [2.45, 2.75) is 32.9 Å². The van der Waals surface area contributed by atoms with Gasteiger partial charge < -0.3 is 15.0 Å². The third kappa shape index (κ3) is 3.85. The second-order valence-electron chi connectivity index (χ2n) is 5.45. The Kier molecular flexibility index (Phi) is 4.08. The fourth-order valence-electron chi connectivity index (χ4n) is 1.80. The second kappa shape index (κ2) is 5.77. The van der Waals surface area contributed by atoms with Crippen LogP contribution in [0.4, 0.5) is 4.79 Å². The normalized spacial score (nSPS) is 11.2. The lowest BCUT2D eigenvalue weighted by Gasteiger charge is -2.20. The molecule has 2 aromatic rings. The number of nitrogens with zero attached hydrogens (tertiary/aromatic N) is 1. The lowest BCUT2D eigenvalue weighted by molar-refractivity contribution is 0.0523. The number of amides is 1. The predicted octanol–water partition coefficient (Wildman–Crippen LogP) is 3.10. The Morgan fingerprint density at radius 1 is 1.35 bits per heavy atom. The van der Waals surface area contributed by atoms with Gasteiger partial charge in [0.15, 0.2) is 0 Å². The standard InChI is InChI=1S/C15H19N3O2/c1-15(2,3)20-14(19)18-10-11-6-4-5-7-12(11)13-16-8-9-17-13/h4-9H,10H2,1-3H3,(H,16,17)(H,18,19). The second-order valence-corrected chi connectivity index (χ2v) is 5.45. The average Bonchev–Trinajstić information content (AvgIpc) is 2.88. The van der Waals surface area contributed by atoms with E-state index in [0.29, 0.717) is 6.54 Å². The lowest BCUT2D eigenvalue weighted by Crippen LogP contribution is -2.32. The van der Waals surface area contributed by atoms with Crippen molar-refractivity contribution in [2.75, 3.05) is 0 Å². The van der Waals surface area contributed by atoms with E-state index in [0.717, 1.165) is 17.0 Å². The van der Waals surface area contributed by atoms with Gasteiger partial charge in [0, 0.05) is 24.5 Å². The van der Waals surface area contributed by atoms with Crippen molar-refractivity contribution in [3.63, 3.8) is 0 Å². The van der Waals surface area contributed by atoms with Gasteiger partial charge in [0.05, 0.1) is 0 Å². The molecule has 5 heteroatoms. The summed E-state index contributed by atoms with van der Waals surface area (Å²) in [5, 5.41) is 2.76. The van der Waals surface area contributed by atoms with E-state index in [1.54, 1.807) is 12.4 Å². The zero-order valence-corrected chi connectivity index (χ0v) is 11.9. The number of alkyl carbamates (subject to hydrolysis) is 1. The summed E-state index contributed by atoms with van der Waals surface area (Å²) in [5.74, 6) is 0.784. The van der Waals surface area contributed by atoms with Crippen LogP contribution >= 0.6 is 0 Å². The van der Waals surface area contributed by atoms with Gasteiger partial charge in [0.2, 0.25) is 0 Å². The molecule has 106 valence electrons. The minimum atomic E-state index is -0.495. The Labute approximate surface area is 118 Å². The third-order valence-corrected chi connectivity index (χ3v) is 2.59. The molecule has 2 N–H and O–H groups in total. The molecule has 20 heavy (non-hydrogen) atoms. The number of nitrogens with one attached hydrogen (secondary N) is 2. The Morgan fingerprint density at radius 2 is 2.10 bits per heavy atom. The van der Waals surface area contributed by atoms with Crippen molar-refractivity contribution in [3.05, 3.63) is 42.2 Å². The Morgan fingerprint density at radius 3 is 2.75 bits per heavy atom. The summed E-state index contributed by atoms with van der Waals surface area (Å²) in [5.41, 5.74) is 1.45. The van der Waals surface area contributed by atoms with Crippen LogP contribution in [0.2, 0.25) is 0 Å². The highest BCUT2D eigenvalue weighted by atomic mass is 16.6. The summed E-state index contributed by atoms with van der Waals surface area (Å²) in [7, 11) is 0. The van der Waals surface area contributed by atoms with E-state index in [9.17, 15) is 4.79 Å². The van der Waals surface area contributed by atoms with Crippen LogP contribution in [-0.2, 0) is 11.3 Å². The minimum absolute atomic E-state index is 0.395. The smallest absolute Gasteiger partial charge is 0.407 e. The summed E-state index contributed by atoms with van der Waals surface area (Å²) < 4.78 is 5.22. The van der Waals surface area contributed by atoms with Gasteiger partial charge in [-0.05, 0) is 26.3 Å². The van der Waals surface area contributed by atoms with Gasteiger partial charge in [-0.1, -0.05) is 24.3 Å². The molecule has 0 aliphatic carbocycles. The SMILES string of the molecule is CC(C)(C)OC(=O)NCc1ccccc1-c1ncc[nH]1. The maximum absolute atomic E-state index is 11.7. The number of carbonyl (C=O) groups is 1. The largest absolute Gasteiger partial charge is 0.444 e. The van der Waals surface area contributed by atoms with E-state index in [4.69, 9.17) is 4.74 Å². The van der Waals surface area contributed by atoms with E-state index >= 15 is 0 Å². The molecule has 0 spiro atoms. The van der Waals surface area contributed by atoms with E-state index in [1.807, 2.05) is 45.0 Å². The lowest BCUT2D eigenvalue weighted by atomic mass is 10.1. The minimum Gasteiger partial charge on any atom is -0.444 e. The maximum Gasteiger partial charge on any atom is 0.407 e. The van der Waals surface area contributed by atoms with Crippen molar-refractivity contribution in [3.8, 4) is 11.4 Å². The number of imidazole rings is 1. The molecule has 1 heterocycles. The van der Waals surface area contributed by atoms with Crippen molar-refractivity contribution >= 4 is 6.09 Å². The van der Waals surface area contributed by atoms with E-state index in [2.05, 4.69) is 15.3 Å². The first-order chi connectivity index (χ1) is 9.46. The topological polar surface area (TPSA) is 67.0 Å². The Bertz CT molecular complexity index is 571. The number of aromatic amines is 1. The molecule has 0 saturated heterocycles. The molecule has 0 aliphatic heterocycles. The van der Waals surface area contributed by atoms with E-state index in [1.165, 1.54) is 0 Å². The Balaban J connectivity index is 2.06. The van der Waals surface area contributed by atoms with Gasteiger partial charge in [0.1, 0.15) is 11.4 Å². The molecular formula is C15H19N3O2. The van der Waals surface area contributed by atoms with Crippen LogP contribution in [-0.4, -0.2) is 21.7 Å². The van der Waals surface area contributed by atoms with Gasteiger partial charge in [-0.15, -0.1) is 0 Å². The van der Waals surface area contributed by atoms with Gasteiger partial charge in [-0.3, -0.25) is 0 Å². The number of hydrogen-bond acceptors (Lipinski definition) is 3. The van der Waals surface area contributed by atoms with Crippen molar-refractivity contribution in [1.29, 1.82) is 0 Å².